The molecule has 1 N–H and O–H groups in total. The van der Waals surface area contributed by atoms with Crippen molar-refractivity contribution >= 4 is 11.5 Å². The highest BCUT2D eigenvalue weighted by Crippen LogP contribution is 2.38. The van der Waals surface area contributed by atoms with Crippen molar-refractivity contribution in [2.24, 2.45) is 5.16 Å². The van der Waals surface area contributed by atoms with E-state index in [4.69, 9.17) is 14.7 Å². The first-order valence-electron chi connectivity index (χ1n) is 5.14. The van der Waals surface area contributed by atoms with E-state index in [1.165, 1.54) is 7.11 Å². The van der Waals surface area contributed by atoms with Crippen LogP contribution in [0.3, 0.4) is 0 Å². The van der Waals surface area contributed by atoms with Crippen LogP contribution in [-0.2, 0) is 6.42 Å². The molecule has 5 heteroatoms. The summed E-state index contributed by atoms with van der Waals surface area (Å²) in [7, 11) is 3.05. The molecular formula is C12H13NO4. The number of hydrogen-bond donors (Lipinski definition) is 1. The van der Waals surface area contributed by atoms with Crippen molar-refractivity contribution in [2.75, 3.05) is 14.2 Å². The van der Waals surface area contributed by atoms with E-state index >= 15 is 0 Å². The Kier molecular flexibility index (Phi) is 2.75. The van der Waals surface area contributed by atoms with Gasteiger partial charge in [0.05, 0.1) is 19.8 Å². The van der Waals surface area contributed by atoms with E-state index in [0.717, 1.165) is 5.56 Å². The molecule has 1 aromatic carbocycles. The van der Waals surface area contributed by atoms with Crippen LogP contribution in [0.25, 0.3) is 0 Å². The SMILES string of the molecule is COc1cc(C)c(OC)c2c1CC(=NO)C2=O. The third-order valence-electron chi connectivity index (χ3n) is 2.91. The molecule has 90 valence electrons. The van der Waals surface area contributed by atoms with Crippen molar-refractivity contribution < 1.29 is 19.5 Å². The summed E-state index contributed by atoms with van der Waals surface area (Å²) < 4.78 is 10.5. The quantitative estimate of drug-likeness (QED) is 0.624. The minimum absolute atomic E-state index is 0.113. The first-order chi connectivity index (χ1) is 8.13. The van der Waals surface area contributed by atoms with Crippen LogP contribution < -0.4 is 9.47 Å². The lowest BCUT2D eigenvalue weighted by Gasteiger charge is -2.12. The molecule has 0 heterocycles. The van der Waals surface area contributed by atoms with E-state index < -0.39 is 0 Å². The molecule has 0 fully saturated rings. The summed E-state index contributed by atoms with van der Waals surface area (Å²) in [6, 6.07) is 1.81. The van der Waals surface area contributed by atoms with Crippen molar-refractivity contribution in [1.29, 1.82) is 0 Å². The highest BCUT2D eigenvalue weighted by molar-refractivity contribution is 6.50. The second-order valence-corrected chi connectivity index (χ2v) is 3.84. The zero-order chi connectivity index (χ0) is 12.6. The number of aryl methyl sites for hydroxylation is 1. The Morgan fingerprint density at radius 2 is 2.06 bits per heavy atom. The van der Waals surface area contributed by atoms with Crippen LogP contribution in [-0.4, -0.2) is 30.9 Å². The van der Waals surface area contributed by atoms with E-state index in [0.29, 0.717) is 22.6 Å². The van der Waals surface area contributed by atoms with Crippen molar-refractivity contribution in [2.45, 2.75) is 13.3 Å². The average Bonchev–Trinajstić information content (AvgIpc) is 2.66. The molecule has 0 aliphatic heterocycles. The van der Waals surface area contributed by atoms with Crippen molar-refractivity contribution in [3.8, 4) is 11.5 Å². The Hall–Kier alpha value is -2.04. The number of benzene rings is 1. The highest BCUT2D eigenvalue weighted by Gasteiger charge is 2.34. The van der Waals surface area contributed by atoms with Gasteiger partial charge in [0.25, 0.3) is 0 Å². The molecule has 17 heavy (non-hydrogen) atoms. The summed E-state index contributed by atoms with van der Waals surface area (Å²) in [4.78, 5) is 12.0. The van der Waals surface area contributed by atoms with E-state index in [2.05, 4.69) is 5.16 Å². The van der Waals surface area contributed by atoms with Crippen LogP contribution >= 0.6 is 0 Å². The number of hydrogen-bond acceptors (Lipinski definition) is 5. The number of oxime groups is 1. The molecule has 2 rings (SSSR count). The zero-order valence-electron chi connectivity index (χ0n) is 9.90. The number of ether oxygens (including phenoxy) is 2. The van der Waals surface area contributed by atoms with Gasteiger partial charge in [-0.15, -0.1) is 0 Å². The fourth-order valence-electron chi connectivity index (χ4n) is 2.14. The molecule has 0 radical (unpaired) electrons. The Balaban J connectivity index is 2.74. The summed E-state index contributed by atoms with van der Waals surface area (Å²) in [5, 5.41) is 11.8. The van der Waals surface area contributed by atoms with Crippen LogP contribution in [0.1, 0.15) is 21.5 Å². The third-order valence-corrected chi connectivity index (χ3v) is 2.91. The van der Waals surface area contributed by atoms with Gasteiger partial charge in [0.1, 0.15) is 17.2 Å². The number of fused-ring (bicyclic) bond motifs is 1. The molecule has 0 unspecified atom stereocenters. The minimum Gasteiger partial charge on any atom is -0.496 e. The van der Waals surface area contributed by atoms with Gasteiger partial charge in [-0.3, -0.25) is 4.79 Å². The Morgan fingerprint density at radius 3 is 2.59 bits per heavy atom. The first kappa shape index (κ1) is 11.4. The Bertz CT molecular complexity index is 520. The van der Waals surface area contributed by atoms with Gasteiger partial charge in [0.2, 0.25) is 5.78 Å². The number of methoxy groups -OCH3 is 2. The van der Waals surface area contributed by atoms with Crippen LogP contribution in [0.2, 0.25) is 0 Å². The lowest BCUT2D eigenvalue weighted by atomic mass is 10.0. The van der Waals surface area contributed by atoms with Crippen molar-refractivity contribution in [1.82, 2.24) is 0 Å². The van der Waals surface area contributed by atoms with Crippen LogP contribution in [0, 0.1) is 6.92 Å². The zero-order valence-corrected chi connectivity index (χ0v) is 9.90. The van der Waals surface area contributed by atoms with Gasteiger partial charge >= 0.3 is 0 Å². The maximum atomic E-state index is 12.0. The maximum Gasteiger partial charge on any atom is 0.215 e. The Morgan fingerprint density at radius 1 is 1.35 bits per heavy atom. The van der Waals surface area contributed by atoms with Gasteiger partial charge < -0.3 is 14.7 Å². The van der Waals surface area contributed by atoms with Gasteiger partial charge in [0.15, 0.2) is 0 Å². The second-order valence-electron chi connectivity index (χ2n) is 3.84. The van der Waals surface area contributed by atoms with Gasteiger partial charge in [0, 0.05) is 12.0 Å². The molecule has 0 aromatic heterocycles. The number of Topliss-reactive ketones (excluding diaryl/α,β-unsaturated/α-hetero) is 1. The van der Waals surface area contributed by atoms with E-state index in [1.807, 2.05) is 13.0 Å². The number of carbonyl (C=O) groups is 1. The summed E-state index contributed by atoms with van der Waals surface area (Å²) in [6.45, 7) is 1.84. The predicted molar refractivity (Wildman–Crippen MR) is 61.5 cm³/mol. The molecule has 1 aliphatic rings. The monoisotopic (exact) mass is 235 g/mol. The highest BCUT2D eigenvalue weighted by atomic mass is 16.5. The minimum atomic E-state index is -0.304. The molecular weight excluding hydrogens is 222 g/mol. The third kappa shape index (κ3) is 1.54. The van der Waals surface area contributed by atoms with Crippen LogP contribution in [0.4, 0.5) is 0 Å². The van der Waals surface area contributed by atoms with Gasteiger partial charge in [-0.1, -0.05) is 5.16 Å². The van der Waals surface area contributed by atoms with E-state index in [9.17, 15) is 4.79 Å². The topological polar surface area (TPSA) is 68.1 Å². The van der Waals surface area contributed by atoms with E-state index in [1.54, 1.807) is 7.11 Å². The maximum absolute atomic E-state index is 12.0. The smallest absolute Gasteiger partial charge is 0.215 e. The van der Waals surface area contributed by atoms with Gasteiger partial charge in [-0.05, 0) is 18.6 Å². The van der Waals surface area contributed by atoms with E-state index in [-0.39, 0.29) is 17.9 Å². The first-order valence-corrected chi connectivity index (χ1v) is 5.14. The molecule has 0 bridgehead atoms. The average molecular weight is 235 g/mol. The summed E-state index contributed by atoms with van der Waals surface area (Å²) >= 11 is 0. The molecule has 5 nitrogen and oxygen atoms in total. The largest absolute Gasteiger partial charge is 0.496 e. The standard InChI is InChI=1S/C12H13NO4/c1-6-4-9(16-2)7-5-8(13-15)11(14)10(7)12(6)17-3/h4,15H,5H2,1-3H3. The number of ketones is 1. The molecule has 0 saturated heterocycles. The summed E-state index contributed by atoms with van der Waals surface area (Å²) in [5.74, 6) is 0.830. The second kappa shape index (κ2) is 4.08. The van der Waals surface area contributed by atoms with Crippen molar-refractivity contribution in [3.05, 3.63) is 22.8 Å². The molecule has 1 aromatic rings. The predicted octanol–water partition coefficient (Wildman–Crippen LogP) is 1.58. The number of carbonyl (C=O) groups excluding carboxylic acids is 1. The number of rotatable bonds is 2. The lowest BCUT2D eigenvalue weighted by molar-refractivity contribution is 0.106. The molecule has 0 spiro atoms. The molecule has 0 amide bonds. The lowest BCUT2D eigenvalue weighted by Crippen LogP contribution is -2.08. The normalized spacial score (nSPS) is 16.2. The number of nitrogens with zero attached hydrogens (tertiary/aromatic N) is 1. The molecule has 0 saturated carbocycles. The molecule has 1 aliphatic carbocycles. The van der Waals surface area contributed by atoms with Crippen LogP contribution in [0.5, 0.6) is 11.5 Å². The summed E-state index contributed by atoms with van der Waals surface area (Å²) in [5.41, 5.74) is 2.09. The molecule has 0 atom stereocenters. The van der Waals surface area contributed by atoms with Crippen molar-refractivity contribution in [3.63, 3.8) is 0 Å². The van der Waals surface area contributed by atoms with Gasteiger partial charge in [-0.25, -0.2) is 0 Å². The summed E-state index contributed by atoms with van der Waals surface area (Å²) in [6.07, 6.45) is 0.268. The van der Waals surface area contributed by atoms with Crippen LogP contribution in [0.15, 0.2) is 11.2 Å². The van der Waals surface area contributed by atoms with Gasteiger partial charge in [-0.2, -0.15) is 0 Å². The Labute approximate surface area is 98.6 Å². The fourth-order valence-corrected chi connectivity index (χ4v) is 2.14. The fraction of sp³-hybridized carbons (Fsp3) is 0.333.